The van der Waals surface area contributed by atoms with Crippen LogP contribution in [0.2, 0.25) is 0 Å². The maximum Gasteiger partial charge on any atom is 0.312 e. The summed E-state index contributed by atoms with van der Waals surface area (Å²) in [6.07, 6.45) is 9.66. The van der Waals surface area contributed by atoms with Crippen molar-refractivity contribution in [3.8, 4) is 0 Å². The Bertz CT molecular complexity index is 1120. The molecule has 2 fully saturated rings. The second-order valence-electron chi connectivity index (χ2n) is 10.7. The Morgan fingerprint density at radius 2 is 2.11 bits per heavy atom. The lowest BCUT2D eigenvalue weighted by atomic mass is 9.77. The molecule has 7 heteroatoms. The summed E-state index contributed by atoms with van der Waals surface area (Å²) in [5.74, 6) is 2.51. The number of ether oxygens (including phenoxy) is 1. The first-order chi connectivity index (χ1) is 17.3. The zero-order valence-corrected chi connectivity index (χ0v) is 23.0. The monoisotopic (exact) mass is 510 g/mol. The second kappa shape index (κ2) is 11.2. The van der Waals surface area contributed by atoms with Gasteiger partial charge in [-0.2, -0.15) is 0 Å². The van der Waals surface area contributed by atoms with Gasteiger partial charge in [0.05, 0.1) is 17.6 Å². The van der Waals surface area contributed by atoms with E-state index in [0.29, 0.717) is 31.2 Å². The number of cyclic esters (lactones) is 1. The molecular weight excluding hydrogens is 471 g/mol. The number of nitrogens with one attached hydrogen (secondary N) is 1. The lowest BCUT2D eigenvalue weighted by Crippen LogP contribution is -2.37. The average molecular weight is 511 g/mol. The minimum absolute atomic E-state index is 0.0942. The highest BCUT2D eigenvalue weighted by molar-refractivity contribution is 7.58. The number of nitrogens with zero attached hydrogens (tertiary/aromatic N) is 1. The van der Waals surface area contributed by atoms with Crippen LogP contribution in [0.25, 0.3) is 5.57 Å². The number of rotatable bonds is 12. The number of fused-ring (bicyclic) bond motifs is 1. The van der Waals surface area contributed by atoms with Crippen LogP contribution in [0.15, 0.2) is 35.6 Å². The molecule has 3 unspecified atom stereocenters. The van der Waals surface area contributed by atoms with Gasteiger partial charge in [0.2, 0.25) is 5.91 Å². The molecule has 1 saturated carbocycles. The van der Waals surface area contributed by atoms with E-state index in [1.807, 2.05) is 20.0 Å². The molecule has 1 N–H and O–H groups in total. The van der Waals surface area contributed by atoms with E-state index in [1.165, 1.54) is 17.3 Å². The molecule has 2 aliphatic heterocycles. The smallest absolute Gasteiger partial charge is 0.312 e. The van der Waals surface area contributed by atoms with Gasteiger partial charge < -0.3 is 15.0 Å². The lowest BCUT2D eigenvalue weighted by molar-refractivity contribution is -0.146. The van der Waals surface area contributed by atoms with E-state index in [-0.39, 0.29) is 25.3 Å². The minimum Gasteiger partial charge on any atom is -0.465 e. The normalized spacial score (nSPS) is 23.9. The van der Waals surface area contributed by atoms with Gasteiger partial charge in [0.15, 0.2) is 0 Å². The van der Waals surface area contributed by atoms with E-state index in [0.717, 1.165) is 49.3 Å². The summed E-state index contributed by atoms with van der Waals surface area (Å²) in [7, 11) is -0.314. The summed E-state index contributed by atoms with van der Waals surface area (Å²) in [6.45, 7) is 10.4. The number of amides is 1. The van der Waals surface area contributed by atoms with Crippen molar-refractivity contribution in [3.63, 3.8) is 0 Å². The van der Waals surface area contributed by atoms with Gasteiger partial charge in [0.1, 0.15) is 5.94 Å². The van der Waals surface area contributed by atoms with Gasteiger partial charge in [-0.25, -0.2) is 4.79 Å². The van der Waals surface area contributed by atoms with Gasteiger partial charge in [0, 0.05) is 49.3 Å². The molecule has 1 aliphatic carbocycles. The van der Waals surface area contributed by atoms with Gasteiger partial charge in [0.25, 0.3) is 0 Å². The fourth-order valence-electron chi connectivity index (χ4n) is 5.36. The van der Waals surface area contributed by atoms with Crippen molar-refractivity contribution in [2.45, 2.75) is 66.0 Å². The van der Waals surface area contributed by atoms with Crippen LogP contribution < -0.4 is 5.32 Å². The van der Waals surface area contributed by atoms with Crippen molar-refractivity contribution < 1.29 is 19.1 Å². The zero-order valence-electron chi connectivity index (χ0n) is 22.1. The summed E-state index contributed by atoms with van der Waals surface area (Å²) in [6, 6.07) is 4.22. The highest BCUT2D eigenvalue weighted by atomic mass is 31.1. The maximum atomic E-state index is 12.9. The number of carbonyl (C=O) groups is 2. The Labute approximate surface area is 215 Å². The number of allylic oxidation sites excluding steroid dienone is 1. The summed E-state index contributed by atoms with van der Waals surface area (Å²) >= 11 is 0. The van der Waals surface area contributed by atoms with Crippen molar-refractivity contribution in [3.05, 3.63) is 46.1 Å². The summed E-state index contributed by atoms with van der Waals surface area (Å²) in [5, 5.41) is 5.60. The Morgan fingerprint density at radius 1 is 1.33 bits per heavy atom. The van der Waals surface area contributed by atoms with E-state index in [2.05, 4.69) is 42.1 Å². The van der Waals surface area contributed by atoms with Crippen molar-refractivity contribution >= 4 is 30.9 Å². The summed E-state index contributed by atoms with van der Waals surface area (Å²) in [4.78, 5) is 39.3. The molecule has 1 aromatic heterocycles. The number of esters is 1. The molecule has 194 valence electrons. The summed E-state index contributed by atoms with van der Waals surface area (Å²) < 4.78 is 5.37. The van der Waals surface area contributed by atoms with E-state index in [1.54, 1.807) is 6.08 Å². The van der Waals surface area contributed by atoms with Crippen LogP contribution in [0.3, 0.4) is 0 Å². The van der Waals surface area contributed by atoms with Crippen LogP contribution in [-0.2, 0) is 25.3 Å². The Balaban J connectivity index is 1.43. The van der Waals surface area contributed by atoms with E-state index in [9.17, 15) is 14.4 Å². The van der Waals surface area contributed by atoms with Gasteiger partial charge in [-0.3, -0.25) is 9.59 Å². The molecule has 36 heavy (non-hydrogen) atoms. The molecule has 1 aromatic rings. The molecule has 4 rings (SSSR count). The van der Waals surface area contributed by atoms with Gasteiger partial charge in [-0.15, -0.1) is 7.53 Å². The first-order valence-corrected chi connectivity index (χ1v) is 14.9. The molecule has 0 aromatic carbocycles. The molecule has 0 spiro atoms. The molecule has 3 atom stereocenters. The number of hydrogen-bond acceptors (Lipinski definition) is 5. The first-order valence-electron chi connectivity index (χ1n) is 13.3. The van der Waals surface area contributed by atoms with E-state index in [4.69, 9.17) is 4.74 Å². The molecule has 1 amide bonds. The van der Waals surface area contributed by atoms with Gasteiger partial charge in [-0.1, -0.05) is 31.9 Å². The van der Waals surface area contributed by atoms with Crippen molar-refractivity contribution in [1.29, 1.82) is 0 Å². The number of hydrogen-bond donors (Lipinski definition) is 1. The molecule has 0 bridgehead atoms. The molecule has 3 aliphatic rings. The number of carbonyl (C=O) groups excluding carboxylic acids is 3. The third-order valence-corrected chi connectivity index (χ3v) is 10.7. The highest BCUT2D eigenvalue weighted by Crippen LogP contribution is 2.59. The third kappa shape index (κ3) is 5.41. The van der Waals surface area contributed by atoms with Crippen LogP contribution in [0, 0.1) is 17.3 Å². The summed E-state index contributed by atoms with van der Waals surface area (Å²) in [5.41, 5.74) is 2.34. The van der Waals surface area contributed by atoms with Gasteiger partial charge >= 0.3 is 5.97 Å². The Morgan fingerprint density at radius 3 is 2.67 bits per heavy atom. The average Bonchev–Trinajstić information content (AvgIpc) is 3.41. The highest BCUT2D eigenvalue weighted by Gasteiger charge is 2.47. The predicted octanol–water partition coefficient (Wildman–Crippen LogP) is 5.30. The molecule has 3 heterocycles. The van der Waals surface area contributed by atoms with Crippen molar-refractivity contribution in [2.75, 3.05) is 26.2 Å². The first kappa shape index (κ1) is 26.5. The lowest BCUT2D eigenvalue weighted by Gasteiger charge is -2.30. The van der Waals surface area contributed by atoms with Crippen molar-refractivity contribution in [2.24, 2.45) is 17.3 Å². The van der Waals surface area contributed by atoms with E-state index < -0.39 is 5.41 Å². The molecule has 0 radical (unpaired) electrons. The minimum atomic E-state index is -0.481. The van der Waals surface area contributed by atoms with Crippen LogP contribution in [0.1, 0.15) is 70.4 Å². The van der Waals surface area contributed by atoms with Crippen LogP contribution >= 0.6 is 7.53 Å². The van der Waals surface area contributed by atoms with Crippen LogP contribution in [-0.4, -0.2) is 49.0 Å². The topological polar surface area (TPSA) is 75.7 Å². The molecular formula is C29H39N2O4P. The van der Waals surface area contributed by atoms with Crippen LogP contribution in [0.5, 0.6) is 0 Å². The maximum absolute atomic E-state index is 12.9. The molecule has 6 nitrogen and oxygen atoms in total. The predicted molar refractivity (Wildman–Crippen MR) is 144 cm³/mol. The zero-order chi connectivity index (χ0) is 25.9. The SMILES string of the molecule is CCCN(/C=C/C(=O)NC/C(C(=C=O)c1ccc2p1C2)=C(\C)C1CCC1)CC1COC(=O)C1(C)CC. The Hall–Kier alpha value is -2.55. The second-order valence-corrected chi connectivity index (χ2v) is 12.9. The molecule has 1 saturated heterocycles. The van der Waals surface area contributed by atoms with Crippen LogP contribution in [0.4, 0.5) is 0 Å². The van der Waals surface area contributed by atoms with Crippen molar-refractivity contribution in [1.82, 2.24) is 10.2 Å². The quantitative estimate of drug-likeness (QED) is 0.182. The third-order valence-electron chi connectivity index (χ3n) is 8.50. The fourth-order valence-corrected chi connectivity index (χ4v) is 7.37. The van der Waals surface area contributed by atoms with Gasteiger partial charge in [-0.05, 0) is 62.4 Å². The standard InChI is InChI=1S/C29H39N2O4P/c1-5-13-31(16-22-18-35-28(34)29(22,4)6-2)14-12-27(33)30-15-24(20(3)21-8-7-9-21)25(17-32)26-11-10-23-19-36(23)26/h10-12,14,21-22H,5-9,13,15-16,18-19H2,1-4H3,(H,30,33)/b14-12+,24-20-. The van der Waals surface area contributed by atoms with E-state index >= 15 is 0 Å². The fraction of sp³-hybridized carbons (Fsp3) is 0.586. The largest absolute Gasteiger partial charge is 0.465 e. The Kier molecular flexibility index (Phi) is 8.27.